The van der Waals surface area contributed by atoms with Crippen LogP contribution < -0.4 is 15.8 Å². The predicted octanol–water partition coefficient (Wildman–Crippen LogP) is 2.66. The second kappa shape index (κ2) is 7.00. The van der Waals surface area contributed by atoms with E-state index in [0.29, 0.717) is 18.7 Å². The van der Waals surface area contributed by atoms with Crippen molar-refractivity contribution in [3.05, 3.63) is 76.6 Å². The Morgan fingerprint density at radius 3 is 2.58 bits per heavy atom. The van der Waals surface area contributed by atoms with E-state index in [4.69, 9.17) is 4.42 Å². The van der Waals surface area contributed by atoms with Gasteiger partial charge in [-0.05, 0) is 24.3 Å². The summed E-state index contributed by atoms with van der Waals surface area (Å²) in [5, 5.41) is 3.49. The van der Waals surface area contributed by atoms with Crippen LogP contribution in [0.3, 0.4) is 0 Å². The van der Waals surface area contributed by atoms with Gasteiger partial charge in [-0.1, -0.05) is 36.4 Å². The number of carbonyl (C=O) groups is 1. The summed E-state index contributed by atoms with van der Waals surface area (Å²) in [6.45, 7) is 1.06. The number of para-hydroxylation sites is 2. The Morgan fingerprint density at radius 1 is 1.08 bits per heavy atom. The van der Waals surface area contributed by atoms with E-state index in [1.165, 1.54) is 0 Å². The second-order valence-electron chi connectivity index (χ2n) is 5.50. The Morgan fingerprint density at radius 2 is 1.79 bits per heavy atom. The van der Waals surface area contributed by atoms with Crippen LogP contribution in [0, 0.1) is 0 Å². The monoisotopic (exact) mass is 322 g/mol. The Labute approximate surface area is 139 Å². The van der Waals surface area contributed by atoms with Crippen molar-refractivity contribution >= 4 is 22.6 Å². The molecular weight excluding hydrogens is 304 g/mol. The highest BCUT2D eigenvalue weighted by Gasteiger charge is 2.13. The molecule has 0 spiro atoms. The van der Waals surface area contributed by atoms with Gasteiger partial charge in [0.05, 0.1) is 0 Å². The zero-order valence-corrected chi connectivity index (χ0v) is 13.4. The van der Waals surface area contributed by atoms with Gasteiger partial charge >= 0.3 is 5.63 Å². The first-order valence-electron chi connectivity index (χ1n) is 7.72. The van der Waals surface area contributed by atoms with Crippen LogP contribution in [0.5, 0.6) is 0 Å². The molecule has 0 unspecified atom stereocenters. The molecule has 0 aliphatic rings. The number of hydrogen-bond acceptors (Lipinski definition) is 4. The summed E-state index contributed by atoms with van der Waals surface area (Å²) in [4.78, 5) is 26.2. The van der Waals surface area contributed by atoms with Crippen molar-refractivity contribution < 1.29 is 9.21 Å². The molecule has 122 valence electrons. The van der Waals surface area contributed by atoms with Crippen molar-refractivity contribution in [1.82, 2.24) is 5.32 Å². The van der Waals surface area contributed by atoms with Gasteiger partial charge in [0.25, 0.3) is 5.91 Å². The number of benzene rings is 2. The average molecular weight is 322 g/mol. The standard InChI is InChI=1S/C19H18N2O3/c1-21(15-8-3-2-4-9-15)12-11-20-18(22)16-13-14-7-5-6-10-17(14)24-19(16)23/h2-10,13H,11-12H2,1H3,(H,20,22). The Hall–Kier alpha value is -3.08. The maximum absolute atomic E-state index is 12.2. The third kappa shape index (κ3) is 3.46. The molecule has 3 rings (SSSR count). The Kier molecular flexibility index (Phi) is 4.61. The van der Waals surface area contributed by atoms with Crippen molar-refractivity contribution in [3.8, 4) is 0 Å². The van der Waals surface area contributed by atoms with Crippen molar-refractivity contribution in [2.75, 3.05) is 25.0 Å². The average Bonchev–Trinajstić information content (AvgIpc) is 2.61. The van der Waals surface area contributed by atoms with Crippen LogP contribution in [0.25, 0.3) is 11.0 Å². The second-order valence-corrected chi connectivity index (χ2v) is 5.50. The quantitative estimate of drug-likeness (QED) is 0.734. The lowest BCUT2D eigenvalue weighted by Crippen LogP contribution is -2.34. The van der Waals surface area contributed by atoms with Crippen molar-refractivity contribution in [1.29, 1.82) is 0 Å². The zero-order valence-electron chi connectivity index (χ0n) is 13.4. The van der Waals surface area contributed by atoms with Gasteiger partial charge in [0, 0.05) is 31.2 Å². The van der Waals surface area contributed by atoms with Gasteiger partial charge in [0.15, 0.2) is 0 Å². The number of anilines is 1. The van der Waals surface area contributed by atoms with E-state index in [1.807, 2.05) is 48.3 Å². The molecule has 0 atom stereocenters. The molecule has 1 heterocycles. The number of rotatable bonds is 5. The van der Waals surface area contributed by atoms with Gasteiger partial charge in [-0.25, -0.2) is 4.79 Å². The number of nitrogens with zero attached hydrogens (tertiary/aromatic N) is 1. The number of carbonyl (C=O) groups excluding carboxylic acids is 1. The topological polar surface area (TPSA) is 62.6 Å². The van der Waals surface area contributed by atoms with Crippen LogP contribution in [0.4, 0.5) is 5.69 Å². The lowest BCUT2D eigenvalue weighted by atomic mass is 10.2. The molecule has 5 heteroatoms. The fraction of sp³-hybridized carbons (Fsp3) is 0.158. The molecule has 24 heavy (non-hydrogen) atoms. The molecule has 2 aromatic carbocycles. The summed E-state index contributed by atoms with van der Waals surface area (Å²) in [6.07, 6.45) is 0. The predicted molar refractivity (Wildman–Crippen MR) is 94.5 cm³/mol. The van der Waals surface area contributed by atoms with Gasteiger partial charge in [-0.3, -0.25) is 4.79 Å². The summed E-state index contributed by atoms with van der Waals surface area (Å²) in [5.41, 5.74) is 0.943. The molecule has 0 saturated heterocycles. The highest BCUT2D eigenvalue weighted by atomic mass is 16.4. The molecule has 5 nitrogen and oxygen atoms in total. The first kappa shape index (κ1) is 15.8. The Bertz CT molecular complexity index is 903. The maximum Gasteiger partial charge on any atom is 0.349 e. The van der Waals surface area contributed by atoms with Crippen molar-refractivity contribution in [2.24, 2.45) is 0 Å². The molecule has 1 amide bonds. The summed E-state index contributed by atoms with van der Waals surface area (Å²) in [5.74, 6) is -0.420. The minimum absolute atomic E-state index is 0.0241. The highest BCUT2D eigenvalue weighted by molar-refractivity contribution is 5.96. The fourth-order valence-electron chi connectivity index (χ4n) is 2.46. The van der Waals surface area contributed by atoms with Crippen LogP contribution in [0.15, 0.2) is 69.9 Å². The molecule has 1 aromatic heterocycles. The van der Waals surface area contributed by atoms with Crippen molar-refractivity contribution in [2.45, 2.75) is 0 Å². The van der Waals surface area contributed by atoms with Crippen LogP contribution in [0.2, 0.25) is 0 Å². The van der Waals surface area contributed by atoms with Crippen LogP contribution >= 0.6 is 0 Å². The molecule has 1 N–H and O–H groups in total. The molecule has 0 saturated carbocycles. The number of nitrogens with one attached hydrogen (secondary N) is 1. The van der Waals surface area contributed by atoms with Crippen LogP contribution in [-0.4, -0.2) is 26.0 Å². The first-order chi connectivity index (χ1) is 11.6. The summed E-state index contributed by atoms with van der Waals surface area (Å²) < 4.78 is 5.18. The molecule has 0 aliphatic heterocycles. The summed E-state index contributed by atoms with van der Waals surface area (Å²) in [6, 6.07) is 18.6. The van der Waals surface area contributed by atoms with Crippen LogP contribution in [0.1, 0.15) is 10.4 Å². The fourth-order valence-corrected chi connectivity index (χ4v) is 2.46. The van der Waals surface area contributed by atoms with Gasteiger partial charge in [-0.2, -0.15) is 0 Å². The smallest absolute Gasteiger partial charge is 0.349 e. The van der Waals surface area contributed by atoms with E-state index in [9.17, 15) is 9.59 Å². The first-order valence-corrected chi connectivity index (χ1v) is 7.72. The third-order valence-electron chi connectivity index (χ3n) is 3.82. The van der Waals surface area contributed by atoms with Gasteiger partial charge < -0.3 is 14.6 Å². The van der Waals surface area contributed by atoms with Crippen molar-refractivity contribution in [3.63, 3.8) is 0 Å². The maximum atomic E-state index is 12.2. The normalized spacial score (nSPS) is 10.5. The molecular formula is C19H18N2O3. The number of amides is 1. The molecule has 0 bridgehead atoms. The third-order valence-corrected chi connectivity index (χ3v) is 3.82. The number of hydrogen-bond donors (Lipinski definition) is 1. The largest absolute Gasteiger partial charge is 0.422 e. The summed E-state index contributed by atoms with van der Waals surface area (Å²) >= 11 is 0. The van der Waals surface area contributed by atoms with E-state index < -0.39 is 11.5 Å². The van der Waals surface area contributed by atoms with Gasteiger partial charge in [0.1, 0.15) is 11.1 Å². The lowest BCUT2D eigenvalue weighted by molar-refractivity contribution is 0.0951. The van der Waals surface area contributed by atoms with Crippen LogP contribution in [-0.2, 0) is 0 Å². The van der Waals surface area contributed by atoms with E-state index >= 15 is 0 Å². The van der Waals surface area contributed by atoms with Gasteiger partial charge in [0.2, 0.25) is 0 Å². The Balaban J connectivity index is 1.65. The lowest BCUT2D eigenvalue weighted by Gasteiger charge is -2.19. The van der Waals surface area contributed by atoms with E-state index in [0.717, 1.165) is 11.1 Å². The molecule has 0 aliphatic carbocycles. The van der Waals surface area contributed by atoms with E-state index in [2.05, 4.69) is 5.32 Å². The minimum Gasteiger partial charge on any atom is -0.422 e. The molecule has 3 aromatic rings. The van der Waals surface area contributed by atoms with E-state index in [-0.39, 0.29) is 5.56 Å². The van der Waals surface area contributed by atoms with E-state index in [1.54, 1.807) is 24.3 Å². The molecule has 0 radical (unpaired) electrons. The zero-order chi connectivity index (χ0) is 16.9. The summed E-state index contributed by atoms with van der Waals surface area (Å²) in [7, 11) is 1.95. The molecule has 0 fully saturated rings. The number of fused-ring (bicyclic) bond motifs is 1. The van der Waals surface area contributed by atoms with Gasteiger partial charge in [-0.15, -0.1) is 0 Å². The number of likely N-dealkylation sites (N-methyl/N-ethyl adjacent to an activating group) is 1. The highest BCUT2D eigenvalue weighted by Crippen LogP contribution is 2.12. The SMILES string of the molecule is CN(CCNC(=O)c1cc2ccccc2oc1=O)c1ccccc1. The minimum atomic E-state index is -0.623.